The van der Waals surface area contributed by atoms with E-state index in [4.69, 9.17) is 0 Å². The summed E-state index contributed by atoms with van der Waals surface area (Å²) in [6.07, 6.45) is 0.311. The zero-order chi connectivity index (χ0) is 10.7. The van der Waals surface area contributed by atoms with Crippen LogP contribution in [0, 0.1) is 5.92 Å². The van der Waals surface area contributed by atoms with Crippen LogP contribution >= 0.6 is 23.0 Å². The number of carbonyl (C=O) groups excluding carboxylic acids is 3. The Morgan fingerprint density at radius 3 is 2.71 bits per heavy atom. The average Bonchev–Trinajstić information content (AvgIpc) is 2.39. The molecule has 0 radical (unpaired) electrons. The van der Waals surface area contributed by atoms with Crippen molar-refractivity contribution in [1.29, 1.82) is 0 Å². The van der Waals surface area contributed by atoms with E-state index >= 15 is 0 Å². The number of amides is 2. The highest BCUT2D eigenvalue weighted by atomic mass is 127. The second-order valence-corrected chi connectivity index (χ2v) is 3.63. The van der Waals surface area contributed by atoms with Gasteiger partial charge >= 0.3 is 5.97 Å². The van der Waals surface area contributed by atoms with Gasteiger partial charge in [0.1, 0.15) is 0 Å². The molecule has 1 unspecified atom stereocenters. The van der Waals surface area contributed by atoms with Crippen LogP contribution in [0.1, 0.15) is 19.8 Å². The molecule has 1 fully saturated rings. The Morgan fingerprint density at radius 2 is 2.29 bits per heavy atom. The summed E-state index contributed by atoms with van der Waals surface area (Å²) in [5, 5.41) is 0. The molecular formula is C8H10INO4. The van der Waals surface area contributed by atoms with Crippen molar-refractivity contribution in [3.8, 4) is 0 Å². The molecule has 0 aromatic rings. The van der Waals surface area contributed by atoms with E-state index in [1.165, 1.54) is 23.0 Å². The lowest BCUT2D eigenvalue weighted by Gasteiger charge is -2.12. The van der Waals surface area contributed by atoms with E-state index in [9.17, 15) is 14.4 Å². The van der Waals surface area contributed by atoms with E-state index in [0.717, 1.165) is 4.90 Å². The van der Waals surface area contributed by atoms with Crippen molar-refractivity contribution >= 4 is 40.8 Å². The highest BCUT2D eigenvalue weighted by Gasteiger charge is 2.35. The number of rotatable bonds is 3. The van der Waals surface area contributed by atoms with Crippen molar-refractivity contribution in [2.45, 2.75) is 19.8 Å². The maximum absolute atomic E-state index is 11.4. The molecule has 1 atom stereocenters. The number of imide groups is 1. The molecule has 0 aromatic heterocycles. The van der Waals surface area contributed by atoms with Gasteiger partial charge in [-0.3, -0.25) is 19.3 Å². The normalized spacial score (nSPS) is 21.6. The number of hydrogen-bond acceptors (Lipinski definition) is 4. The van der Waals surface area contributed by atoms with Crippen LogP contribution in [0.2, 0.25) is 0 Å². The van der Waals surface area contributed by atoms with E-state index in [1.807, 2.05) is 0 Å². The molecule has 1 saturated heterocycles. The summed E-state index contributed by atoms with van der Waals surface area (Å²) in [6, 6.07) is 0. The fourth-order valence-corrected chi connectivity index (χ4v) is 1.55. The summed E-state index contributed by atoms with van der Waals surface area (Å²) in [5.41, 5.74) is 0. The Morgan fingerprint density at radius 1 is 1.64 bits per heavy atom. The summed E-state index contributed by atoms with van der Waals surface area (Å²) in [5.74, 6) is -1.08. The van der Waals surface area contributed by atoms with Crippen LogP contribution in [-0.2, 0) is 17.4 Å². The van der Waals surface area contributed by atoms with Gasteiger partial charge in [-0.15, -0.1) is 0 Å². The topological polar surface area (TPSA) is 63.7 Å². The molecule has 0 aliphatic carbocycles. The molecule has 1 aliphatic rings. The fraction of sp³-hybridized carbons (Fsp3) is 0.625. The van der Waals surface area contributed by atoms with E-state index in [2.05, 4.69) is 3.07 Å². The highest BCUT2D eigenvalue weighted by Crippen LogP contribution is 2.18. The third-order valence-corrected chi connectivity index (χ3v) is 2.59. The third-order valence-electron chi connectivity index (χ3n) is 2.10. The van der Waals surface area contributed by atoms with Gasteiger partial charge in [0.25, 0.3) is 0 Å². The maximum atomic E-state index is 11.4. The molecule has 0 aromatic carbocycles. The molecule has 78 valence electrons. The van der Waals surface area contributed by atoms with Gasteiger partial charge in [-0.25, -0.2) is 0 Å². The predicted molar refractivity (Wildman–Crippen MR) is 55.2 cm³/mol. The number of nitrogens with zero attached hydrogens (tertiary/aromatic N) is 1. The van der Waals surface area contributed by atoms with Gasteiger partial charge in [-0.2, -0.15) is 0 Å². The highest BCUT2D eigenvalue weighted by molar-refractivity contribution is 14.1. The van der Waals surface area contributed by atoms with Crippen molar-refractivity contribution in [3.05, 3.63) is 0 Å². The zero-order valence-electron chi connectivity index (χ0n) is 7.66. The van der Waals surface area contributed by atoms with Crippen LogP contribution < -0.4 is 0 Å². The molecule has 0 bridgehead atoms. The molecule has 6 heteroatoms. The Hall–Kier alpha value is -0.660. The number of halogens is 1. The molecule has 0 saturated carbocycles. The van der Waals surface area contributed by atoms with Gasteiger partial charge in [0.15, 0.2) is 23.0 Å². The van der Waals surface area contributed by atoms with Crippen LogP contribution in [-0.4, -0.2) is 29.2 Å². The monoisotopic (exact) mass is 311 g/mol. The lowest BCUT2D eigenvalue weighted by atomic mass is 10.1. The van der Waals surface area contributed by atoms with Crippen molar-refractivity contribution in [1.82, 2.24) is 4.90 Å². The Labute approximate surface area is 95.5 Å². The second-order valence-electron chi connectivity index (χ2n) is 3.19. The quantitative estimate of drug-likeness (QED) is 0.567. The SMILES string of the molecule is CC1CC(=O)N(CCC(=O)OI)C1=O. The maximum Gasteiger partial charge on any atom is 0.317 e. The summed E-state index contributed by atoms with van der Waals surface area (Å²) in [4.78, 5) is 34.5. The minimum atomic E-state index is -0.425. The van der Waals surface area contributed by atoms with Crippen molar-refractivity contribution < 1.29 is 17.4 Å². The molecular weight excluding hydrogens is 301 g/mol. The second kappa shape index (κ2) is 4.72. The summed E-state index contributed by atoms with van der Waals surface area (Å²) < 4.78 is 4.39. The minimum absolute atomic E-state index is 0.0626. The molecule has 1 rings (SSSR count). The zero-order valence-corrected chi connectivity index (χ0v) is 9.81. The first kappa shape index (κ1) is 11.4. The standard InChI is InChI=1S/C8H10INO4/c1-5-4-6(11)10(8(5)13)3-2-7(12)14-9/h5H,2-4H2,1H3. The molecule has 14 heavy (non-hydrogen) atoms. The third kappa shape index (κ3) is 2.43. The first-order valence-electron chi connectivity index (χ1n) is 4.22. The molecule has 2 amide bonds. The minimum Gasteiger partial charge on any atom is -0.394 e. The Balaban J connectivity index is 2.48. The summed E-state index contributed by atoms with van der Waals surface area (Å²) >= 11 is 1.48. The predicted octanol–water partition coefficient (Wildman–Crippen LogP) is 0.665. The number of likely N-dealkylation sites (tertiary alicyclic amines) is 1. The van der Waals surface area contributed by atoms with Gasteiger partial charge < -0.3 is 3.07 Å². The Bertz CT molecular complexity index is 279. The van der Waals surface area contributed by atoms with Gasteiger partial charge in [0, 0.05) is 18.9 Å². The Kier molecular flexibility index (Phi) is 3.85. The smallest absolute Gasteiger partial charge is 0.317 e. The number of carbonyl (C=O) groups is 3. The lowest BCUT2D eigenvalue weighted by molar-refractivity contribution is -0.140. The van der Waals surface area contributed by atoms with Crippen LogP contribution in [0.4, 0.5) is 0 Å². The summed E-state index contributed by atoms with van der Waals surface area (Å²) in [7, 11) is 0. The average molecular weight is 311 g/mol. The van der Waals surface area contributed by atoms with Gasteiger partial charge in [-0.05, 0) is 0 Å². The molecule has 0 spiro atoms. The largest absolute Gasteiger partial charge is 0.394 e. The van der Waals surface area contributed by atoms with E-state index in [1.54, 1.807) is 6.92 Å². The van der Waals surface area contributed by atoms with E-state index < -0.39 is 5.97 Å². The van der Waals surface area contributed by atoms with Crippen LogP contribution in [0.15, 0.2) is 0 Å². The molecule has 1 heterocycles. The van der Waals surface area contributed by atoms with Crippen molar-refractivity contribution in [3.63, 3.8) is 0 Å². The fourth-order valence-electron chi connectivity index (χ4n) is 1.32. The first-order chi connectivity index (χ1) is 6.56. The van der Waals surface area contributed by atoms with Crippen LogP contribution in [0.25, 0.3) is 0 Å². The summed E-state index contributed by atoms with van der Waals surface area (Å²) in [6.45, 7) is 1.83. The molecule has 0 N–H and O–H groups in total. The van der Waals surface area contributed by atoms with Gasteiger partial charge in [-0.1, -0.05) is 6.92 Å². The van der Waals surface area contributed by atoms with Crippen molar-refractivity contribution in [2.75, 3.05) is 6.54 Å². The van der Waals surface area contributed by atoms with Gasteiger partial charge in [0.2, 0.25) is 11.8 Å². The van der Waals surface area contributed by atoms with Crippen LogP contribution in [0.5, 0.6) is 0 Å². The number of hydrogen-bond donors (Lipinski definition) is 0. The van der Waals surface area contributed by atoms with Crippen molar-refractivity contribution in [2.24, 2.45) is 5.92 Å². The first-order valence-corrected chi connectivity index (χ1v) is 5.10. The van der Waals surface area contributed by atoms with Gasteiger partial charge in [0.05, 0.1) is 6.42 Å². The lowest BCUT2D eigenvalue weighted by Crippen LogP contribution is -2.32. The van der Waals surface area contributed by atoms with Crippen LogP contribution in [0.3, 0.4) is 0 Å². The van der Waals surface area contributed by atoms with E-state index in [0.29, 0.717) is 0 Å². The van der Waals surface area contributed by atoms with E-state index in [-0.39, 0.29) is 37.1 Å². The molecule has 5 nitrogen and oxygen atoms in total. The molecule has 1 aliphatic heterocycles.